The van der Waals surface area contributed by atoms with Crippen LogP contribution in [-0.4, -0.2) is 31.7 Å². The quantitative estimate of drug-likeness (QED) is 0.775. The minimum Gasteiger partial charge on any atom is -0.379 e. The molecule has 1 unspecified atom stereocenters. The number of hydrogen-bond acceptors (Lipinski definition) is 3. The summed E-state index contributed by atoms with van der Waals surface area (Å²) in [6, 6.07) is 7.40. The van der Waals surface area contributed by atoms with Gasteiger partial charge < -0.3 is 15.8 Å². The van der Waals surface area contributed by atoms with E-state index in [4.69, 9.17) is 10.5 Å². The fraction of sp³-hybridized carbons (Fsp3) is 0.400. The van der Waals surface area contributed by atoms with Gasteiger partial charge in [0.05, 0.1) is 24.8 Å². The zero-order valence-electron chi connectivity index (χ0n) is 10.8. The average molecular weight is 258 g/mol. The Hall–Kier alpha value is -1.83. The summed E-state index contributed by atoms with van der Waals surface area (Å²) < 4.78 is 5.35. The molecule has 4 heteroatoms. The summed E-state index contributed by atoms with van der Waals surface area (Å²) >= 11 is 0. The maximum Gasteiger partial charge on any atom is 0.252 e. The molecule has 0 bridgehead atoms. The van der Waals surface area contributed by atoms with E-state index in [-0.39, 0.29) is 18.5 Å². The molecule has 0 spiro atoms. The van der Waals surface area contributed by atoms with Crippen molar-refractivity contribution in [1.29, 1.82) is 0 Å². The van der Waals surface area contributed by atoms with E-state index in [9.17, 15) is 4.79 Å². The largest absolute Gasteiger partial charge is 0.379 e. The number of benzene rings is 1. The van der Waals surface area contributed by atoms with Crippen LogP contribution >= 0.6 is 0 Å². The molecule has 1 atom stereocenters. The SMILES string of the molecule is NCC#Cc1ccccc1C(=O)NC1CCCOC1. The molecule has 1 saturated heterocycles. The number of nitrogens with two attached hydrogens (primary N) is 1. The first kappa shape index (κ1) is 13.6. The number of amides is 1. The van der Waals surface area contributed by atoms with Crippen molar-refractivity contribution in [2.45, 2.75) is 18.9 Å². The maximum absolute atomic E-state index is 12.2. The number of rotatable bonds is 2. The maximum atomic E-state index is 12.2. The zero-order chi connectivity index (χ0) is 13.5. The average Bonchev–Trinajstić information content (AvgIpc) is 2.46. The number of hydrogen-bond donors (Lipinski definition) is 2. The Balaban J connectivity index is 2.09. The van der Waals surface area contributed by atoms with Crippen molar-refractivity contribution in [3.8, 4) is 11.8 Å². The topological polar surface area (TPSA) is 64.4 Å². The lowest BCUT2D eigenvalue weighted by Crippen LogP contribution is -2.40. The monoisotopic (exact) mass is 258 g/mol. The Kier molecular flexibility index (Phi) is 4.96. The first-order chi connectivity index (χ1) is 9.31. The number of ether oxygens (including phenoxy) is 1. The van der Waals surface area contributed by atoms with Crippen molar-refractivity contribution in [3.63, 3.8) is 0 Å². The van der Waals surface area contributed by atoms with Crippen molar-refractivity contribution in [1.82, 2.24) is 5.32 Å². The van der Waals surface area contributed by atoms with Crippen LogP contribution in [0.4, 0.5) is 0 Å². The van der Waals surface area contributed by atoms with Crippen LogP contribution in [0.1, 0.15) is 28.8 Å². The second-order valence-corrected chi connectivity index (χ2v) is 4.44. The van der Waals surface area contributed by atoms with Gasteiger partial charge in [0.1, 0.15) is 0 Å². The molecule has 1 heterocycles. The van der Waals surface area contributed by atoms with Gasteiger partial charge in [-0.2, -0.15) is 0 Å². The van der Waals surface area contributed by atoms with Gasteiger partial charge in [0.15, 0.2) is 0 Å². The van der Waals surface area contributed by atoms with Crippen molar-refractivity contribution in [2.75, 3.05) is 19.8 Å². The first-order valence-corrected chi connectivity index (χ1v) is 6.48. The molecular formula is C15H18N2O2. The lowest BCUT2D eigenvalue weighted by Gasteiger charge is -2.23. The van der Waals surface area contributed by atoms with Crippen LogP contribution in [0.3, 0.4) is 0 Å². The highest BCUT2D eigenvalue weighted by atomic mass is 16.5. The summed E-state index contributed by atoms with van der Waals surface area (Å²) in [4.78, 5) is 12.2. The molecule has 1 amide bonds. The molecular weight excluding hydrogens is 240 g/mol. The second-order valence-electron chi connectivity index (χ2n) is 4.44. The van der Waals surface area contributed by atoms with Gasteiger partial charge in [0, 0.05) is 12.2 Å². The third-order valence-electron chi connectivity index (χ3n) is 2.99. The Morgan fingerprint density at radius 1 is 1.47 bits per heavy atom. The minimum absolute atomic E-state index is 0.0942. The minimum atomic E-state index is -0.0996. The summed E-state index contributed by atoms with van der Waals surface area (Å²) in [5.74, 6) is 5.60. The molecule has 1 aromatic rings. The fourth-order valence-electron chi connectivity index (χ4n) is 2.05. The molecule has 1 fully saturated rings. The molecule has 1 aliphatic rings. The number of carbonyl (C=O) groups excluding carboxylic acids is 1. The Morgan fingerprint density at radius 3 is 3.05 bits per heavy atom. The normalized spacial score (nSPS) is 18.3. The van der Waals surface area contributed by atoms with Crippen LogP contribution in [0.2, 0.25) is 0 Å². The molecule has 19 heavy (non-hydrogen) atoms. The van der Waals surface area contributed by atoms with E-state index in [2.05, 4.69) is 17.2 Å². The van der Waals surface area contributed by atoms with Gasteiger partial charge >= 0.3 is 0 Å². The molecule has 1 aliphatic heterocycles. The van der Waals surface area contributed by atoms with E-state index in [0.717, 1.165) is 19.4 Å². The molecule has 4 nitrogen and oxygen atoms in total. The van der Waals surface area contributed by atoms with Crippen LogP contribution in [0.15, 0.2) is 24.3 Å². The van der Waals surface area contributed by atoms with E-state index in [1.165, 1.54) is 0 Å². The van der Waals surface area contributed by atoms with Gasteiger partial charge in [-0.1, -0.05) is 24.0 Å². The summed E-state index contributed by atoms with van der Waals surface area (Å²) in [6.07, 6.45) is 1.95. The van der Waals surface area contributed by atoms with Gasteiger partial charge in [-0.25, -0.2) is 0 Å². The molecule has 2 rings (SSSR count). The van der Waals surface area contributed by atoms with Crippen LogP contribution in [0.25, 0.3) is 0 Å². The molecule has 100 valence electrons. The summed E-state index contributed by atoms with van der Waals surface area (Å²) in [5.41, 5.74) is 6.66. The summed E-state index contributed by atoms with van der Waals surface area (Å²) in [7, 11) is 0. The van der Waals surface area contributed by atoms with Crippen molar-refractivity contribution in [2.24, 2.45) is 5.73 Å². The predicted molar refractivity (Wildman–Crippen MR) is 73.7 cm³/mol. The zero-order valence-corrected chi connectivity index (χ0v) is 10.8. The van der Waals surface area contributed by atoms with Gasteiger partial charge in [0.25, 0.3) is 5.91 Å². The van der Waals surface area contributed by atoms with Crippen LogP contribution < -0.4 is 11.1 Å². The Bertz CT molecular complexity index is 496. The predicted octanol–water partition coefficient (Wildman–Crippen LogP) is 0.906. The Morgan fingerprint density at radius 2 is 2.32 bits per heavy atom. The smallest absolute Gasteiger partial charge is 0.252 e. The molecule has 0 aromatic heterocycles. The molecule has 0 radical (unpaired) electrons. The fourth-order valence-corrected chi connectivity index (χ4v) is 2.05. The highest BCUT2D eigenvalue weighted by Gasteiger charge is 2.18. The van der Waals surface area contributed by atoms with Crippen LogP contribution in [-0.2, 0) is 4.74 Å². The van der Waals surface area contributed by atoms with Crippen LogP contribution in [0, 0.1) is 11.8 Å². The third-order valence-corrected chi connectivity index (χ3v) is 2.99. The van der Waals surface area contributed by atoms with E-state index < -0.39 is 0 Å². The highest BCUT2D eigenvalue weighted by molar-refractivity contribution is 5.96. The molecule has 0 saturated carbocycles. The molecule has 0 aliphatic carbocycles. The molecule has 3 N–H and O–H groups in total. The van der Waals surface area contributed by atoms with E-state index in [1.807, 2.05) is 18.2 Å². The van der Waals surface area contributed by atoms with E-state index in [0.29, 0.717) is 17.7 Å². The van der Waals surface area contributed by atoms with Gasteiger partial charge in [-0.3, -0.25) is 4.79 Å². The highest BCUT2D eigenvalue weighted by Crippen LogP contribution is 2.10. The third kappa shape index (κ3) is 3.82. The Labute approximate surface area is 113 Å². The van der Waals surface area contributed by atoms with Crippen molar-refractivity contribution < 1.29 is 9.53 Å². The van der Waals surface area contributed by atoms with E-state index >= 15 is 0 Å². The van der Waals surface area contributed by atoms with Gasteiger partial charge in [-0.05, 0) is 25.0 Å². The van der Waals surface area contributed by atoms with Crippen molar-refractivity contribution in [3.05, 3.63) is 35.4 Å². The summed E-state index contributed by atoms with van der Waals surface area (Å²) in [5, 5.41) is 2.99. The van der Waals surface area contributed by atoms with E-state index in [1.54, 1.807) is 6.07 Å². The standard InChI is InChI=1S/C15H18N2O2/c16-9-3-6-12-5-1-2-8-14(12)15(18)17-13-7-4-10-19-11-13/h1-2,5,8,13H,4,7,9-11,16H2,(H,17,18). The molecule has 1 aromatic carbocycles. The number of carbonyl (C=O) groups is 1. The first-order valence-electron chi connectivity index (χ1n) is 6.48. The number of nitrogens with one attached hydrogen (secondary N) is 1. The van der Waals surface area contributed by atoms with Gasteiger partial charge in [0.2, 0.25) is 0 Å². The van der Waals surface area contributed by atoms with Crippen molar-refractivity contribution >= 4 is 5.91 Å². The van der Waals surface area contributed by atoms with Gasteiger partial charge in [-0.15, -0.1) is 0 Å². The lowest BCUT2D eigenvalue weighted by atomic mass is 10.1. The second kappa shape index (κ2) is 6.93. The van der Waals surface area contributed by atoms with Crippen LogP contribution in [0.5, 0.6) is 0 Å². The summed E-state index contributed by atoms with van der Waals surface area (Å²) in [6.45, 7) is 1.65. The lowest BCUT2D eigenvalue weighted by molar-refractivity contribution is 0.0624.